The van der Waals surface area contributed by atoms with Crippen molar-refractivity contribution in [2.75, 3.05) is 21.1 Å². The van der Waals surface area contributed by atoms with E-state index in [4.69, 9.17) is 0 Å². The molecule has 0 bridgehead atoms. The van der Waals surface area contributed by atoms with Gasteiger partial charge in [0.25, 0.3) is 5.16 Å². The molecular formula is C16H18N6O4S2. The lowest BCUT2D eigenvalue weighted by Gasteiger charge is -2.11. The maximum absolute atomic E-state index is 12.6. The fourth-order valence-corrected chi connectivity index (χ4v) is 3.83. The Balaban J connectivity index is 1.91. The summed E-state index contributed by atoms with van der Waals surface area (Å²) in [7, 11) is -4.37. The molecule has 12 heteroatoms. The molecule has 0 spiro atoms. The van der Waals surface area contributed by atoms with E-state index in [9.17, 15) is 16.8 Å². The van der Waals surface area contributed by atoms with Crippen LogP contribution in [-0.2, 0) is 20.2 Å². The number of hydrazone groups is 1. The maximum Gasteiger partial charge on any atom is 0.323 e. The van der Waals surface area contributed by atoms with Crippen LogP contribution in [0, 0.1) is 0 Å². The normalized spacial score (nSPS) is 12.9. The molecule has 0 saturated carbocycles. The van der Waals surface area contributed by atoms with Crippen molar-refractivity contribution in [3.63, 3.8) is 0 Å². The molecule has 0 saturated heterocycles. The van der Waals surface area contributed by atoms with Crippen molar-refractivity contribution in [2.24, 2.45) is 5.10 Å². The molecule has 0 N–H and O–H groups in total. The summed E-state index contributed by atoms with van der Waals surface area (Å²) >= 11 is 0. The summed E-state index contributed by atoms with van der Waals surface area (Å²) in [6.45, 7) is 0. The lowest BCUT2D eigenvalue weighted by molar-refractivity contribution is 0.481. The summed E-state index contributed by atoms with van der Waals surface area (Å²) < 4.78 is 51.3. The Bertz CT molecular complexity index is 1240. The van der Waals surface area contributed by atoms with Crippen LogP contribution in [0.15, 0.2) is 59.0 Å². The van der Waals surface area contributed by atoms with E-state index in [1.54, 1.807) is 0 Å². The summed E-state index contributed by atoms with van der Waals surface area (Å²) in [6, 6.07) is 13.2. The minimum Gasteiger partial charge on any atom is -0.203 e. The van der Waals surface area contributed by atoms with Gasteiger partial charge in [-0.25, -0.2) is 4.98 Å². The standard InChI is InChI=1S/C16H18N6O4S2/c1-20(2)28(25,26)22-12-17-16(19-22)27(23,24)21(3)18-11-14-9-6-8-13-7-4-5-10-15(13)14/h4-12H,1-3H3/b18-11+. The smallest absolute Gasteiger partial charge is 0.203 e. The minimum atomic E-state index is -4.22. The second-order valence-electron chi connectivity index (χ2n) is 5.94. The van der Waals surface area contributed by atoms with Crippen LogP contribution in [0.3, 0.4) is 0 Å². The highest BCUT2D eigenvalue weighted by atomic mass is 32.2. The minimum absolute atomic E-state index is 0.488. The van der Waals surface area contributed by atoms with Crippen LogP contribution >= 0.6 is 0 Å². The third-order valence-corrected chi connectivity index (χ3v) is 6.92. The van der Waals surface area contributed by atoms with Gasteiger partial charge < -0.3 is 0 Å². The summed E-state index contributed by atoms with van der Waals surface area (Å²) in [5, 5.41) is 8.78. The summed E-state index contributed by atoms with van der Waals surface area (Å²) in [5.74, 6) is 0. The number of sulfonamides is 1. The third-order valence-electron chi connectivity index (χ3n) is 3.91. The van der Waals surface area contributed by atoms with E-state index in [-0.39, 0.29) is 0 Å². The Morgan fingerprint density at radius 1 is 1.00 bits per heavy atom. The SMILES string of the molecule is CN(/N=C/c1cccc2ccccc12)S(=O)(=O)c1ncn(S(=O)(=O)N(C)C)n1. The van der Waals surface area contributed by atoms with Crippen LogP contribution in [-0.4, -0.2) is 67.1 Å². The lowest BCUT2D eigenvalue weighted by Crippen LogP contribution is -2.30. The molecule has 0 unspecified atom stereocenters. The largest absolute Gasteiger partial charge is 0.323 e. The van der Waals surface area contributed by atoms with Gasteiger partial charge in [0.05, 0.1) is 6.21 Å². The first-order chi connectivity index (χ1) is 13.1. The summed E-state index contributed by atoms with van der Waals surface area (Å²) in [5.41, 5.74) is 0.730. The topological polar surface area (TPSA) is 118 Å². The van der Waals surface area contributed by atoms with E-state index in [1.165, 1.54) is 27.4 Å². The Morgan fingerprint density at radius 3 is 2.39 bits per heavy atom. The molecule has 28 heavy (non-hydrogen) atoms. The van der Waals surface area contributed by atoms with Gasteiger partial charge >= 0.3 is 20.2 Å². The monoisotopic (exact) mass is 422 g/mol. The maximum atomic E-state index is 12.6. The van der Waals surface area contributed by atoms with Gasteiger partial charge in [-0.2, -0.15) is 30.7 Å². The predicted molar refractivity (Wildman–Crippen MR) is 105 cm³/mol. The van der Waals surface area contributed by atoms with Crippen molar-refractivity contribution < 1.29 is 16.8 Å². The van der Waals surface area contributed by atoms with Crippen molar-refractivity contribution in [1.82, 2.24) is 22.9 Å². The van der Waals surface area contributed by atoms with E-state index in [0.717, 1.165) is 27.0 Å². The van der Waals surface area contributed by atoms with E-state index in [0.29, 0.717) is 8.50 Å². The van der Waals surface area contributed by atoms with Crippen LogP contribution in [0.4, 0.5) is 0 Å². The number of hydrogen-bond acceptors (Lipinski definition) is 7. The molecule has 1 heterocycles. The van der Waals surface area contributed by atoms with Gasteiger partial charge in [-0.05, 0) is 10.8 Å². The number of rotatable bonds is 6. The van der Waals surface area contributed by atoms with Crippen molar-refractivity contribution >= 4 is 37.2 Å². The van der Waals surface area contributed by atoms with Gasteiger partial charge in [-0.1, -0.05) is 42.5 Å². The van der Waals surface area contributed by atoms with Crippen LogP contribution in [0.25, 0.3) is 10.8 Å². The highest BCUT2D eigenvalue weighted by Gasteiger charge is 2.27. The average molecular weight is 422 g/mol. The average Bonchev–Trinajstić information content (AvgIpc) is 3.17. The van der Waals surface area contributed by atoms with Gasteiger partial charge in [0.15, 0.2) is 0 Å². The number of nitrogens with zero attached hydrogens (tertiary/aromatic N) is 6. The first-order valence-electron chi connectivity index (χ1n) is 7.99. The Morgan fingerprint density at radius 2 is 1.68 bits per heavy atom. The van der Waals surface area contributed by atoms with E-state index >= 15 is 0 Å². The molecule has 0 aliphatic heterocycles. The molecule has 0 aliphatic carbocycles. The summed E-state index contributed by atoms with van der Waals surface area (Å²) in [4.78, 5) is 3.61. The van der Waals surface area contributed by atoms with Crippen molar-refractivity contribution in [2.45, 2.75) is 5.16 Å². The molecule has 3 rings (SSSR count). The molecule has 10 nitrogen and oxygen atoms in total. The number of benzene rings is 2. The molecule has 0 atom stereocenters. The van der Waals surface area contributed by atoms with Gasteiger partial charge in [0.1, 0.15) is 6.33 Å². The molecule has 3 aromatic rings. The van der Waals surface area contributed by atoms with Crippen molar-refractivity contribution in [1.29, 1.82) is 0 Å². The second kappa shape index (κ2) is 7.30. The van der Waals surface area contributed by atoms with Gasteiger partial charge in [-0.15, -0.1) is 9.19 Å². The molecule has 0 radical (unpaired) electrons. The number of hydrogen-bond donors (Lipinski definition) is 0. The quantitative estimate of drug-likeness (QED) is 0.427. The summed E-state index contributed by atoms with van der Waals surface area (Å²) in [6.07, 6.45) is 2.23. The highest BCUT2D eigenvalue weighted by molar-refractivity contribution is 7.89. The zero-order valence-corrected chi connectivity index (χ0v) is 17.0. The fourth-order valence-electron chi connectivity index (χ4n) is 2.32. The van der Waals surface area contributed by atoms with E-state index in [2.05, 4.69) is 15.2 Å². The Hall–Kier alpha value is -2.83. The van der Waals surface area contributed by atoms with Gasteiger partial charge in [-0.3, -0.25) is 0 Å². The third kappa shape index (κ3) is 3.61. The van der Waals surface area contributed by atoms with Crippen LogP contribution in [0.5, 0.6) is 0 Å². The fraction of sp³-hybridized carbons (Fsp3) is 0.188. The molecule has 0 amide bonds. The molecular weight excluding hydrogens is 404 g/mol. The molecule has 148 valence electrons. The molecule has 0 aliphatic rings. The van der Waals surface area contributed by atoms with Crippen LogP contribution in [0.1, 0.15) is 5.56 Å². The van der Waals surface area contributed by atoms with Crippen molar-refractivity contribution in [3.05, 3.63) is 54.4 Å². The Labute approximate surface area is 162 Å². The second-order valence-corrected chi connectivity index (χ2v) is 9.79. The van der Waals surface area contributed by atoms with Gasteiger partial charge in [0.2, 0.25) is 0 Å². The number of fused-ring (bicyclic) bond motifs is 1. The number of aromatic nitrogens is 3. The highest BCUT2D eigenvalue weighted by Crippen LogP contribution is 2.17. The van der Waals surface area contributed by atoms with Gasteiger partial charge in [0, 0.05) is 26.7 Å². The molecule has 0 fully saturated rings. The lowest BCUT2D eigenvalue weighted by atomic mass is 10.1. The first kappa shape index (κ1) is 19.9. The first-order valence-corrected chi connectivity index (χ1v) is 10.8. The predicted octanol–water partition coefficient (Wildman–Crippen LogP) is 0.740. The Kier molecular flexibility index (Phi) is 5.19. The zero-order valence-electron chi connectivity index (χ0n) is 15.3. The zero-order chi connectivity index (χ0) is 20.5. The van der Waals surface area contributed by atoms with E-state index < -0.39 is 25.4 Å². The van der Waals surface area contributed by atoms with Crippen LogP contribution < -0.4 is 0 Å². The van der Waals surface area contributed by atoms with Crippen LogP contribution in [0.2, 0.25) is 0 Å². The van der Waals surface area contributed by atoms with Crippen molar-refractivity contribution in [3.8, 4) is 0 Å². The van der Waals surface area contributed by atoms with E-state index in [1.807, 2.05) is 42.5 Å². The molecule has 1 aromatic heterocycles. The molecule has 2 aromatic carbocycles.